The van der Waals surface area contributed by atoms with Crippen molar-refractivity contribution in [2.45, 2.75) is 64.2 Å². The minimum atomic E-state index is -2.71. The zero-order chi connectivity index (χ0) is 13.2. The van der Waals surface area contributed by atoms with Crippen LogP contribution in [-0.4, -0.2) is 26.9 Å². The first-order chi connectivity index (χ1) is 6.85. The molecule has 0 heterocycles. The highest BCUT2D eigenvalue weighted by Gasteiger charge is 2.37. The molecular weight excluding hydrogens is 228 g/mol. The predicted octanol–water partition coefficient (Wildman–Crippen LogP) is 3.38. The van der Waals surface area contributed by atoms with E-state index in [9.17, 15) is 8.78 Å². The largest absolute Gasteiger partial charge is 0.415 e. The highest BCUT2D eigenvalue weighted by Crippen LogP contribution is 2.36. The number of halogens is 2. The van der Waals surface area contributed by atoms with E-state index in [0.717, 1.165) is 6.92 Å². The molecule has 0 amide bonds. The van der Waals surface area contributed by atoms with E-state index < -0.39 is 20.3 Å². The van der Waals surface area contributed by atoms with Gasteiger partial charge in [-0.25, -0.2) is 8.78 Å². The summed E-state index contributed by atoms with van der Waals surface area (Å²) < 4.78 is 31.2. The molecule has 2 N–H and O–H groups in total. The molecule has 0 spiro atoms. The van der Waals surface area contributed by atoms with E-state index in [0.29, 0.717) is 0 Å². The van der Waals surface area contributed by atoms with Gasteiger partial charge in [-0.05, 0) is 25.1 Å². The standard InChI is InChI=1S/C11H25F2NOSi/c1-10(2,3)16(5,6)15-8-9(14)7-11(4,12)13/h9H,7-8,14H2,1-6H3. The van der Waals surface area contributed by atoms with Gasteiger partial charge in [-0.3, -0.25) is 0 Å². The van der Waals surface area contributed by atoms with E-state index in [2.05, 4.69) is 33.9 Å². The van der Waals surface area contributed by atoms with Crippen molar-refractivity contribution >= 4 is 8.32 Å². The topological polar surface area (TPSA) is 35.2 Å². The van der Waals surface area contributed by atoms with Crippen molar-refractivity contribution in [1.29, 1.82) is 0 Å². The monoisotopic (exact) mass is 253 g/mol. The summed E-state index contributed by atoms with van der Waals surface area (Å²) in [4.78, 5) is 0. The number of hydrogen-bond donors (Lipinski definition) is 1. The van der Waals surface area contributed by atoms with Gasteiger partial charge in [-0.2, -0.15) is 0 Å². The Hall–Kier alpha value is -0.00312. The van der Waals surface area contributed by atoms with E-state index >= 15 is 0 Å². The Kier molecular flexibility index (Phi) is 5.10. The molecule has 1 atom stereocenters. The molecule has 0 radical (unpaired) electrons. The Morgan fingerprint density at radius 2 is 1.62 bits per heavy atom. The van der Waals surface area contributed by atoms with E-state index in [1.165, 1.54) is 0 Å². The Morgan fingerprint density at radius 3 is 1.94 bits per heavy atom. The van der Waals surface area contributed by atoms with Gasteiger partial charge in [0.25, 0.3) is 0 Å². The number of hydrogen-bond acceptors (Lipinski definition) is 2. The lowest BCUT2D eigenvalue weighted by Gasteiger charge is -2.37. The molecule has 0 bridgehead atoms. The fourth-order valence-electron chi connectivity index (χ4n) is 1.05. The summed E-state index contributed by atoms with van der Waals surface area (Å²) in [7, 11) is -1.87. The van der Waals surface area contributed by atoms with Crippen LogP contribution in [0.5, 0.6) is 0 Å². The lowest BCUT2D eigenvalue weighted by Crippen LogP contribution is -2.44. The van der Waals surface area contributed by atoms with Crippen LogP contribution in [0.15, 0.2) is 0 Å². The molecule has 0 saturated heterocycles. The summed E-state index contributed by atoms with van der Waals surface area (Å²) >= 11 is 0. The van der Waals surface area contributed by atoms with Crippen LogP contribution in [0, 0.1) is 0 Å². The molecule has 0 aliphatic heterocycles. The average Bonchev–Trinajstić information content (AvgIpc) is 1.95. The zero-order valence-corrected chi connectivity index (χ0v) is 12.2. The van der Waals surface area contributed by atoms with Gasteiger partial charge >= 0.3 is 0 Å². The third kappa shape index (κ3) is 5.91. The molecule has 0 aromatic rings. The Morgan fingerprint density at radius 1 is 1.19 bits per heavy atom. The second-order valence-electron chi connectivity index (χ2n) is 6.11. The van der Waals surface area contributed by atoms with Crippen LogP contribution in [0.25, 0.3) is 0 Å². The van der Waals surface area contributed by atoms with E-state index in [1.54, 1.807) is 0 Å². The van der Waals surface area contributed by atoms with Crippen molar-refractivity contribution in [3.05, 3.63) is 0 Å². The summed E-state index contributed by atoms with van der Waals surface area (Å²) in [6.45, 7) is 11.6. The summed E-state index contributed by atoms with van der Waals surface area (Å²) in [5.74, 6) is -2.71. The highest BCUT2D eigenvalue weighted by atomic mass is 28.4. The van der Waals surface area contributed by atoms with Gasteiger partial charge in [0, 0.05) is 19.1 Å². The van der Waals surface area contributed by atoms with Gasteiger partial charge < -0.3 is 10.2 Å². The lowest BCUT2D eigenvalue weighted by atomic mass is 10.1. The van der Waals surface area contributed by atoms with Crippen molar-refractivity contribution in [2.24, 2.45) is 5.73 Å². The first-order valence-corrected chi connectivity index (χ1v) is 8.53. The van der Waals surface area contributed by atoms with Crippen molar-refractivity contribution < 1.29 is 13.2 Å². The maximum Gasteiger partial charge on any atom is 0.247 e. The molecule has 16 heavy (non-hydrogen) atoms. The average molecular weight is 253 g/mol. The molecule has 0 aliphatic carbocycles. The van der Waals surface area contributed by atoms with Gasteiger partial charge in [0.1, 0.15) is 0 Å². The van der Waals surface area contributed by atoms with Crippen molar-refractivity contribution in [3.8, 4) is 0 Å². The summed E-state index contributed by atoms with van der Waals surface area (Å²) in [6, 6.07) is -0.589. The van der Waals surface area contributed by atoms with E-state index in [-0.39, 0.29) is 18.1 Å². The maximum atomic E-state index is 12.7. The quantitative estimate of drug-likeness (QED) is 0.762. The molecule has 5 heteroatoms. The first-order valence-electron chi connectivity index (χ1n) is 5.62. The fraction of sp³-hybridized carbons (Fsp3) is 1.00. The normalized spacial score (nSPS) is 16.3. The predicted molar refractivity (Wildman–Crippen MR) is 66.4 cm³/mol. The van der Waals surface area contributed by atoms with Crippen LogP contribution in [0.3, 0.4) is 0 Å². The number of rotatable bonds is 5. The fourth-order valence-corrected chi connectivity index (χ4v) is 2.11. The zero-order valence-electron chi connectivity index (χ0n) is 11.2. The summed E-state index contributed by atoms with van der Waals surface area (Å²) in [6.07, 6.45) is -0.318. The molecule has 0 aliphatic rings. The smallest absolute Gasteiger partial charge is 0.247 e. The minimum Gasteiger partial charge on any atom is -0.415 e. The molecule has 0 aromatic carbocycles. The number of alkyl halides is 2. The Labute approximate surface area is 98.7 Å². The Balaban J connectivity index is 4.16. The SMILES string of the molecule is CC(F)(F)CC(N)CO[Si](C)(C)C(C)(C)C. The molecule has 98 valence electrons. The molecule has 1 unspecified atom stereocenters. The highest BCUT2D eigenvalue weighted by molar-refractivity contribution is 6.74. The van der Waals surface area contributed by atoms with Crippen LogP contribution in [0.2, 0.25) is 18.1 Å². The number of nitrogens with two attached hydrogens (primary N) is 1. The third-order valence-corrected chi connectivity index (χ3v) is 7.59. The van der Waals surface area contributed by atoms with Gasteiger partial charge in [0.15, 0.2) is 8.32 Å². The lowest BCUT2D eigenvalue weighted by molar-refractivity contribution is 0.00158. The van der Waals surface area contributed by atoms with Crippen molar-refractivity contribution in [3.63, 3.8) is 0 Å². The van der Waals surface area contributed by atoms with Crippen LogP contribution < -0.4 is 5.73 Å². The van der Waals surface area contributed by atoms with Crippen molar-refractivity contribution in [1.82, 2.24) is 0 Å². The summed E-state index contributed by atoms with van der Waals surface area (Å²) in [5, 5.41) is 0.0848. The van der Waals surface area contributed by atoms with Gasteiger partial charge in [-0.1, -0.05) is 20.8 Å². The van der Waals surface area contributed by atoms with Gasteiger partial charge in [0.05, 0.1) is 0 Å². The summed E-state index contributed by atoms with van der Waals surface area (Å²) in [5.41, 5.74) is 5.63. The Bertz CT molecular complexity index is 221. The van der Waals surface area contributed by atoms with Gasteiger partial charge in [-0.15, -0.1) is 0 Å². The second-order valence-corrected chi connectivity index (χ2v) is 10.9. The minimum absolute atomic E-state index is 0.0848. The van der Waals surface area contributed by atoms with E-state index in [4.69, 9.17) is 10.2 Å². The molecule has 0 aromatic heterocycles. The van der Waals surface area contributed by atoms with Crippen LogP contribution in [0.1, 0.15) is 34.1 Å². The molecule has 0 rings (SSSR count). The molecular formula is C11H25F2NOSi. The second kappa shape index (κ2) is 5.10. The van der Waals surface area contributed by atoms with Gasteiger partial charge in [0.2, 0.25) is 5.92 Å². The molecule has 0 fully saturated rings. The van der Waals surface area contributed by atoms with Crippen molar-refractivity contribution in [2.75, 3.05) is 6.61 Å². The molecule has 2 nitrogen and oxygen atoms in total. The molecule has 0 saturated carbocycles. The van der Waals surface area contributed by atoms with Crippen LogP contribution in [-0.2, 0) is 4.43 Å². The third-order valence-electron chi connectivity index (χ3n) is 3.09. The maximum absolute atomic E-state index is 12.7. The van der Waals surface area contributed by atoms with Crippen LogP contribution in [0.4, 0.5) is 8.78 Å². The van der Waals surface area contributed by atoms with Crippen LogP contribution >= 0.6 is 0 Å². The van der Waals surface area contributed by atoms with E-state index in [1.807, 2.05) is 0 Å². The first kappa shape index (κ1) is 16.0.